The third-order valence-electron chi connectivity index (χ3n) is 2.59. The lowest BCUT2D eigenvalue weighted by Crippen LogP contribution is -2.50. The van der Waals surface area contributed by atoms with Gasteiger partial charge in [0.15, 0.2) is 0 Å². The van der Waals surface area contributed by atoms with Crippen LogP contribution < -0.4 is 10.6 Å². The monoisotopic (exact) mass is 318 g/mol. The summed E-state index contributed by atoms with van der Waals surface area (Å²) in [5, 5.41) is 14.5. The Labute approximate surface area is 127 Å². The summed E-state index contributed by atoms with van der Waals surface area (Å²) in [5.74, 6) is -1.11. The van der Waals surface area contributed by atoms with Gasteiger partial charge in [0, 0.05) is 0 Å². The Morgan fingerprint density at radius 3 is 2.10 bits per heavy atom. The highest BCUT2D eigenvalue weighted by atomic mass is 35.5. The zero-order valence-electron chi connectivity index (χ0n) is 11.3. The van der Waals surface area contributed by atoms with Crippen molar-refractivity contribution in [2.24, 2.45) is 5.41 Å². The first-order valence-corrected chi connectivity index (χ1v) is 6.63. The molecule has 0 saturated heterocycles. The van der Waals surface area contributed by atoms with Crippen LogP contribution in [0.5, 0.6) is 0 Å². The second-order valence-corrected chi connectivity index (χ2v) is 6.15. The number of aliphatic carboxylic acids is 1. The number of carbonyl (C=O) groups is 2. The number of nitrogens with one attached hydrogen (secondary N) is 2. The molecule has 1 atom stereocenters. The largest absolute Gasteiger partial charge is 0.480 e. The van der Waals surface area contributed by atoms with Crippen LogP contribution in [0.4, 0.5) is 10.5 Å². The van der Waals surface area contributed by atoms with E-state index in [-0.39, 0.29) is 15.7 Å². The van der Waals surface area contributed by atoms with E-state index in [1.807, 2.05) is 0 Å². The molecule has 0 bridgehead atoms. The summed E-state index contributed by atoms with van der Waals surface area (Å²) in [5.41, 5.74) is -0.389. The summed E-state index contributed by atoms with van der Waals surface area (Å²) < 4.78 is 0. The molecule has 0 aliphatic rings. The third kappa shape index (κ3) is 4.28. The predicted molar refractivity (Wildman–Crippen MR) is 79.5 cm³/mol. The first-order valence-electron chi connectivity index (χ1n) is 5.87. The zero-order chi connectivity index (χ0) is 15.5. The van der Waals surface area contributed by atoms with Gasteiger partial charge in [-0.25, -0.2) is 9.59 Å². The van der Waals surface area contributed by atoms with Crippen LogP contribution in [0.2, 0.25) is 10.0 Å². The third-order valence-corrected chi connectivity index (χ3v) is 3.22. The number of carboxylic acid groups (broad SMARTS) is 1. The van der Waals surface area contributed by atoms with E-state index in [4.69, 9.17) is 28.3 Å². The van der Waals surface area contributed by atoms with Crippen LogP contribution in [0, 0.1) is 5.41 Å². The van der Waals surface area contributed by atoms with Crippen LogP contribution in [0.1, 0.15) is 20.8 Å². The van der Waals surface area contributed by atoms with Crippen LogP contribution in [-0.4, -0.2) is 23.1 Å². The van der Waals surface area contributed by atoms with Crippen molar-refractivity contribution in [1.29, 1.82) is 0 Å². The van der Waals surface area contributed by atoms with Crippen molar-refractivity contribution in [1.82, 2.24) is 5.32 Å². The molecule has 0 spiro atoms. The van der Waals surface area contributed by atoms with Gasteiger partial charge in [0.05, 0.1) is 15.7 Å². The Bertz CT molecular complexity index is 507. The molecule has 0 unspecified atom stereocenters. The van der Waals surface area contributed by atoms with Gasteiger partial charge in [-0.2, -0.15) is 0 Å². The Morgan fingerprint density at radius 1 is 1.20 bits per heavy atom. The molecule has 1 aromatic carbocycles. The molecule has 1 aromatic rings. The molecule has 7 heteroatoms. The first-order chi connectivity index (χ1) is 9.12. The quantitative estimate of drug-likeness (QED) is 0.796. The van der Waals surface area contributed by atoms with Gasteiger partial charge in [-0.05, 0) is 17.5 Å². The van der Waals surface area contributed by atoms with Gasteiger partial charge in [-0.1, -0.05) is 50.0 Å². The fourth-order valence-electron chi connectivity index (χ4n) is 1.55. The van der Waals surface area contributed by atoms with Gasteiger partial charge < -0.3 is 15.7 Å². The lowest BCUT2D eigenvalue weighted by molar-refractivity contribution is -0.141. The van der Waals surface area contributed by atoms with E-state index in [1.165, 1.54) is 0 Å². The van der Waals surface area contributed by atoms with E-state index in [1.54, 1.807) is 39.0 Å². The zero-order valence-corrected chi connectivity index (χ0v) is 12.8. The van der Waals surface area contributed by atoms with Gasteiger partial charge >= 0.3 is 12.0 Å². The summed E-state index contributed by atoms with van der Waals surface area (Å²) in [6.07, 6.45) is 0. The number of halogens is 2. The fraction of sp³-hybridized carbons (Fsp3) is 0.385. The lowest BCUT2D eigenvalue weighted by Gasteiger charge is -2.27. The van der Waals surface area contributed by atoms with E-state index in [9.17, 15) is 9.59 Å². The molecule has 0 heterocycles. The summed E-state index contributed by atoms with van der Waals surface area (Å²) in [4.78, 5) is 23.0. The Morgan fingerprint density at radius 2 is 1.70 bits per heavy atom. The average Bonchev–Trinajstić information content (AvgIpc) is 2.29. The molecule has 5 nitrogen and oxygen atoms in total. The van der Waals surface area contributed by atoms with E-state index in [2.05, 4.69) is 10.6 Å². The second-order valence-electron chi connectivity index (χ2n) is 5.33. The predicted octanol–water partition coefficient (Wildman–Crippen LogP) is 3.61. The minimum absolute atomic E-state index is 0.242. The summed E-state index contributed by atoms with van der Waals surface area (Å²) in [6.45, 7) is 5.15. The lowest BCUT2D eigenvalue weighted by atomic mass is 9.87. The summed E-state index contributed by atoms with van der Waals surface area (Å²) >= 11 is 11.8. The molecular weight excluding hydrogens is 303 g/mol. The number of carboxylic acids is 1. The van der Waals surface area contributed by atoms with Crippen LogP contribution in [0.3, 0.4) is 0 Å². The summed E-state index contributed by atoms with van der Waals surface area (Å²) in [6, 6.07) is 3.07. The van der Waals surface area contributed by atoms with Crippen molar-refractivity contribution in [2.75, 3.05) is 5.32 Å². The van der Waals surface area contributed by atoms with Crippen molar-refractivity contribution < 1.29 is 14.7 Å². The van der Waals surface area contributed by atoms with Gasteiger partial charge in [0.25, 0.3) is 0 Å². The highest BCUT2D eigenvalue weighted by Gasteiger charge is 2.32. The van der Waals surface area contributed by atoms with Gasteiger partial charge in [0.2, 0.25) is 0 Å². The number of amides is 2. The van der Waals surface area contributed by atoms with Crippen molar-refractivity contribution in [3.8, 4) is 0 Å². The summed E-state index contributed by atoms with van der Waals surface area (Å²) in [7, 11) is 0. The highest BCUT2D eigenvalue weighted by Crippen LogP contribution is 2.29. The molecule has 0 fully saturated rings. The number of anilines is 1. The van der Waals surface area contributed by atoms with Crippen molar-refractivity contribution in [3.63, 3.8) is 0 Å². The van der Waals surface area contributed by atoms with Crippen molar-refractivity contribution in [2.45, 2.75) is 26.8 Å². The maximum atomic E-state index is 11.9. The topological polar surface area (TPSA) is 78.4 Å². The number of carbonyl (C=O) groups excluding carboxylic acids is 1. The maximum Gasteiger partial charge on any atom is 0.326 e. The first kappa shape index (κ1) is 16.6. The number of rotatable bonds is 3. The van der Waals surface area contributed by atoms with E-state index in [0.717, 1.165) is 0 Å². The van der Waals surface area contributed by atoms with Crippen LogP contribution in [0.15, 0.2) is 18.2 Å². The minimum Gasteiger partial charge on any atom is -0.480 e. The van der Waals surface area contributed by atoms with E-state index in [0.29, 0.717) is 0 Å². The molecule has 3 N–H and O–H groups in total. The van der Waals surface area contributed by atoms with E-state index < -0.39 is 23.5 Å². The van der Waals surface area contributed by atoms with Gasteiger partial charge in [-0.15, -0.1) is 0 Å². The molecule has 0 saturated carbocycles. The molecule has 0 radical (unpaired) electrons. The molecule has 0 aliphatic heterocycles. The molecule has 110 valence electrons. The molecular formula is C13H16Cl2N2O3. The number of benzene rings is 1. The van der Waals surface area contributed by atoms with Crippen molar-refractivity contribution in [3.05, 3.63) is 28.2 Å². The minimum atomic E-state index is -1.11. The van der Waals surface area contributed by atoms with Crippen LogP contribution >= 0.6 is 23.2 Å². The second kappa shape index (κ2) is 6.33. The molecule has 0 aliphatic carbocycles. The SMILES string of the molecule is CC(C)(C)[C@H](NC(=O)Nc1c(Cl)cccc1Cl)C(=O)O. The number of para-hydroxylation sites is 1. The van der Waals surface area contributed by atoms with Crippen LogP contribution in [0.25, 0.3) is 0 Å². The Kier molecular flexibility index (Phi) is 5.25. The van der Waals surface area contributed by atoms with Gasteiger partial charge in [-0.3, -0.25) is 0 Å². The highest BCUT2D eigenvalue weighted by molar-refractivity contribution is 6.39. The standard InChI is InChI=1S/C13H16Cl2N2O3/c1-13(2,3)10(11(18)19)17-12(20)16-9-7(14)5-4-6-8(9)15/h4-6,10H,1-3H3,(H,18,19)(H2,16,17,20)/t10-/m1/s1. The van der Waals surface area contributed by atoms with Crippen molar-refractivity contribution >= 4 is 40.9 Å². The van der Waals surface area contributed by atoms with E-state index >= 15 is 0 Å². The smallest absolute Gasteiger partial charge is 0.326 e. The normalized spacial score (nSPS) is 12.7. The number of hydrogen-bond acceptors (Lipinski definition) is 2. The molecule has 0 aromatic heterocycles. The molecule has 1 rings (SSSR count). The van der Waals surface area contributed by atoms with Gasteiger partial charge in [0.1, 0.15) is 6.04 Å². The maximum absolute atomic E-state index is 11.9. The van der Waals surface area contributed by atoms with Crippen LogP contribution in [-0.2, 0) is 4.79 Å². The molecule has 20 heavy (non-hydrogen) atoms. The fourth-order valence-corrected chi connectivity index (χ4v) is 2.04. The number of hydrogen-bond donors (Lipinski definition) is 3. The number of urea groups is 1. The Balaban J connectivity index is 2.84. The Hall–Kier alpha value is -1.46. The average molecular weight is 319 g/mol. The molecule has 2 amide bonds.